The van der Waals surface area contributed by atoms with Crippen LogP contribution < -0.4 is 11.1 Å². The molecule has 0 bridgehead atoms. The molecule has 130 valence electrons. The first-order valence-corrected chi connectivity index (χ1v) is 9.00. The Morgan fingerprint density at radius 3 is 3.00 bits per heavy atom. The van der Waals surface area contributed by atoms with Crippen LogP contribution in [0.25, 0.3) is 0 Å². The first-order valence-electron chi connectivity index (χ1n) is 8.01. The number of amidine groups is 1. The first-order chi connectivity index (χ1) is 11.3. The maximum atomic E-state index is 12.0. The molecule has 6 nitrogen and oxygen atoms in total. The van der Waals surface area contributed by atoms with E-state index in [1.165, 1.54) is 11.8 Å². The average molecular weight is 349 g/mol. The highest BCUT2D eigenvalue weighted by Crippen LogP contribution is 2.47. The number of hydrogen-bond donors (Lipinski definition) is 2. The number of fused-ring (bicyclic) bond motifs is 1. The first kappa shape index (κ1) is 17.1. The number of nitrogens with one attached hydrogen (secondary N) is 1. The van der Waals surface area contributed by atoms with Crippen LogP contribution in [0.4, 0.5) is 10.5 Å². The van der Waals surface area contributed by atoms with Crippen LogP contribution in [0.2, 0.25) is 0 Å². The molecule has 2 aliphatic rings. The van der Waals surface area contributed by atoms with E-state index in [4.69, 9.17) is 20.2 Å². The van der Waals surface area contributed by atoms with E-state index in [0.29, 0.717) is 17.5 Å². The topological polar surface area (TPSA) is 85.9 Å². The fourth-order valence-electron chi connectivity index (χ4n) is 2.95. The highest BCUT2D eigenvalue weighted by molar-refractivity contribution is 8.13. The lowest BCUT2D eigenvalue weighted by molar-refractivity contribution is -0.0145. The molecule has 0 spiro atoms. The summed E-state index contributed by atoms with van der Waals surface area (Å²) in [5.41, 5.74) is 6.20. The molecule has 2 atom stereocenters. The van der Waals surface area contributed by atoms with Crippen LogP contribution in [0.1, 0.15) is 32.8 Å². The van der Waals surface area contributed by atoms with Gasteiger partial charge in [0, 0.05) is 22.9 Å². The second-order valence-electron chi connectivity index (χ2n) is 7.01. The zero-order valence-corrected chi connectivity index (χ0v) is 15.0. The van der Waals surface area contributed by atoms with Crippen LogP contribution in [0.5, 0.6) is 0 Å². The molecule has 1 amide bonds. The quantitative estimate of drug-likeness (QED) is 0.761. The highest BCUT2D eigenvalue weighted by atomic mass is 32.2. The fourth-order valence-corrected chi connectivity index (χ4v) is 4.06. The molecule has 2 heterocycles. The maximum absolute atomic E-state index is 12.0. The van der Waals surface area contributed by atoms with Gasteiger partial charge in [-0.15, -0.1) is 0 Å². The van der Waals surface area contributed by atoms with Crippen molar-refractivity contribution < 1.29 is 14.3 Å². The number of ether oxygens (including phenoxy) is 2. The molecule has 1 aromatic rings. The summed E-state index contributed by atoms with van der Waals surface area (Å²) < 4.78 is 11.4. The highest BCUT2D eigenvalue weighted by Gasteiger charge is 2.48. The normalized spacial score (nSPS) is 26.5. The van der Waals surface area contributed by atoms with Gasteiger partial charge in [-0.3, -0.25) is 5.32 Å². The van der Waals surface area contributed by atoms with Gasteiger partial charge >= 0.3 is 6.09 Å². The number of alkyl carbamates (subject to hydrolysis) is 1. The van der Waals surface area contributed by atoms with Crippen LogP contribution in [0.3, 0.4) is 0 Å². The van der Waals surface area contributed by atoms with Gasteiger partial charge in [-0.05, 0) is 39.3 Å². The second kappa shape index (κ2) is 6.29. The molecule has 24 heavy (non-hydrogen) atoms. The number of anilines is 1. The molecule has 1 fully saturated rings. The van der Waals surface area contributed by atoms with Crippen molar-refractivity contribution in [2.75, 3.05) is 18.1 Å². The van der Waals surface area contributed by atoms with Gasteiger partial charge in [-0.25, -0.2) is 9.79 Å². The number of amides is 1. The Kier molecular flexibility index (Phi) is 4.48. The third-order valence-corrected chi connectivity index (χ3v) is 4.97. The molecule has 3 rings (SSSR count). The number of nitrogens with zero attached hydrogens (tertiary/aromatic N) is 1. The standard InChI is InChI=1S/C17H23N3O3S/c1-16(2,3)23-15(21)19-14-20-17(11-5-4-6-13(18)9-11)12(10-24-14)7-8-22-17/h4-6,9,12H,7-8,10,18H2,1-3H3,(H,19,20,21). The summed E-state index contributed by atoms with van der Waals surface area (Å²) in [6, 6.07) is 7.60. The van der Waals surface area contributed by atoms with E-state index in [9.17, 15) is 4.79 Å². The monoisotopic (exact) mass is 349 g/mol. The van der Waals surface area contributed by atoms with Gasteiger partial charge in [0.05, 0.1) is 6.61 Å². The number of nitrogen functional groups attached to an aromatic ring is 1. The SMILES string of the molecule is CC(C)(C)OC(=O)NC1=NC2(c3cccc(N)c3)OCCC2CS1. The van der Waals surface area contributed by atoms with Gasteiger partial charge in [0.1, 0.15) is 5.60 Å². The van der Waals surface area contributed by atoms with Crippen molar-refractivity contribution in [3.8, 4) is 0 Å². The van der Waals surface area contributed by atoms with Gasteiger partial charge < -0.3 is 15.2 Å². The van der Waals surface area contributed by atoms with Crippen molar-refractivity contribution in [1.82, 2.24) is 5.32 Å². The lowest BCUT2D eigenvalue weighted by atomic mass is 9.90. The third kappa shape index (κ3) is 3.52. The third-order valence-electron chi connectivity index (χ3n) is 3.94. The minimum absolute atomic E-state index is 0.258. The molecule has 2 aliphatic heterocycles. The van der Waals surface area contributed by atoms with Crippen LogP contribution in [-0.2, 0) is 15.2 Å². The molecule has 0 aromatic heterocycles. The van der Waals surface area contributed by atoms with Crippen molar-refractivity contribution in [2.45, 2.75) is 38.5 Å². The largest absolute Gasteiger partial charge is 0.444 e. The second-order valence-corrected chi connectivity index (χ2v) is 8.02. The zero-order chi connectivity index (χ0) is 17.4. The van der Waals surface area contributed by atoms with Crippen LogP contribution in [0, 0.1) is 5.92 Å². The summed E-state index contributed by atoms with van der Waals surface area (Å²) >= 11 is 1.52. The van der Waals surface area contributed by atoms with Gasteiger partial charge in [-0.1, -0.05) is 23.9 Å². The molecule has 3 N–H and O–H groups in total. The van der Waals surface area contributed by atoms with Crippen molar-refractivity contribution >= 4 is 28.7 Å². The number of benzene rings is 1. The predicted octanol–water partition coefficient (Wildman–Crippen LogP) is 3.09. The van der Waals surface area contributed by atoms with Crippen molar-refractivity contribution in [2.24, 2.45) is 10.9 Å². The minimum atomic E-state index is -0.773. The van der Waals surface area contributed by atoms with E-state index in [1.807, 2.05) is 45.0 Å². The molecule has 2 unspecified atom stereocenters. The van der Waals surface area contributed by atoms with Gasteiger partial charge in [0.2, 0.25) is 0 Å². The number of hydrogen-bond acceptors (Lipinski definition) is 6. The number of carbonyl (C=O) groups is 1. The molecular formula is C17H23N3O3S. The van der Waals surface area contributed by atoms with Gasteiger partial charge in [0.25, 0.3) is 0 Å². The maximum Gasteiger partial charge on any atom is 0.413 e. The van der Waals surface area contributed by atoms with Crippen molar-refractivity contribution in [3.05, 3.63) is 29.8 Å². The molecule has 7 heteroatoms. The van der Waals surface area contributed by atoms with Gasteiger partial charge in [-0.2, -0.15) is 0 Å². The number of carbonyl (C=O) groups excluding carboxylic acids is 1. The van der Waals surface area contributed by atoms with E-state index in [-0.39, 0.29) is 5.92 Å². The smallest absolute Gasteiger partial charge is 0.413 e. The Bertz CT molecular complexity index is 671. The van der Waals surface area contributed by atoms with Crippen molar-refractivity contribution in [1.29, 1.82) is 0 Å². The summed E-state index contributed by atoms with van der Waals surface area (Å²) in [6.07, 6.45) is 0.429. The Labute approximate surface area is 146 Å². The van der Waals surface area contributed by atoms with E-state index < -0.39 is 17.4 Å². The van der Waals surface area contributed by atoms with E-state index in [0.717, 1.165) is 17.7 Å². The van der Waals surface area contributed by atoms with Crippen LogP contribution >= 0.6 is 11.8 Å². The minimum Gasteiger partial charge on any atom is -0.444 e. The Morgan fingerprint density at radius 1 is 1.50 bits per heavy atom. The Hall–Kier alpha value is -1.73. The predicted molar refractivity (Wildman–Crippen MR) is 95.9 cm³/mol. The van der Waals surface area contributed by atoms with Gasteiger partial charge in [0.15, 0.2) is 10.9 Å². The summed E-state index contributed by atoms with van der Waals surface area (Å²) in [5, 5.41) is 3.26. The number of thioether (sulfide) groups is 1. The molecule has 0 aliphatic carbocycles. The average Bonchev–Trinajstić information content (AvgIpc) is 2.89. The Morgan fingerprint density at radius 2 is 2.29 bits per heavy atom. The van der Waals surface area contributed by atoms with Crippen LogP contribution in [0.15, 0.2) is 29.3 Å². The summed E-state index contributed by atoms with van der Waals surface area (Å²) in [4.78, 5) is 16.8. The van der Waals surface area contributed by atoms with Crippen molar-refractivity contribution in [3.63, 3.8) is 0 Å². The molecule has 1 saturated heterocycles. The molecule has 0 saturated carbocycles. The zero-order valence-electron chi connectivity index (χ0n) is 14.2. The molecule has 1 aromatic carbocycles. The number of nitrogens with two attached hydrogens (primary N) is 1. The summed E-state index contributed by atoms with van der Waals surface area (Å²) in [6.45, 7) is 6.12. The molecule has 0 radical (unpaired) electrons. The fraction of sp³-hybridized carbons (Fsp3) is 0.529. The summed E-state index contributed by atoms with van der Waals surface area (Å²) in [5.74, 6) is 1.08. The lowest BCUT2D eigenvalue weighted by Gasteiger charge is -2.35. The Balaban J connectivity index is 1.87. The number of aliphatic imine (C=N–C) groups is 1. The summed E-state index contributed by atoms with van der Waals surface area (Å²) in [7, 11) is 0. The van der Waals surface area contributed by atoms with Crippen LogP contribution in [-0.4, -0.2) is 29.2 Å². The van der Waals surface area contributed by atoms with E-state index >= 15 is 0 Å². The lowest BCUT2D eigenvalue weighted by Crippen LogP contribution is -2.42. The molecular weight excluding hydrogens is 326 g/mol. The van der Waals surface area contributed by atoms with E-state index in [2.05, 4.69) is 5.32 Å². The number of rotatable bonds is 1. The van der Waals surface area contributed by atoms with E-state index in [1.54, 1.807) is 0 Å².